The van der Waals surface area contributed by atoms with Crippen molar-refractivity contribution in [3.05, 3.63) is 62.1 Å². The van der Waals surface area contributed by atoms with Gasteiger partial charge in [-0.1, -0.05) is 18.2 Å². The summed E-state index contributed by atoms with van der Waals surface area (Å²) in [4.78, 5) is 14.1. The van der Waals surface area contributed by atoms with Crippen LogP contribution in [-0.2, 0) is 0 Å². The summed E-state index contributed by atoms with van der Waals surface area (Å²) >= 11 is 5.62. The van der Waals surface area contributed by atoms with Crippen molar-refractivity contribution in [3.63, 3.8) is 0 Å². The predicted molar refractivity (Wildman–Crippen MR) is 95.8 cm³/mol. The van der Waals surface area contributed by atoms with Gasteiger partial charge in [-0.25, -0.2) is 0 Å². The molecule has 2 aromatic rings. The molecule has 2 rings (SSSR count). The molecule has 110 valence electrons. The molecule has 3 nitrogen and oxygen atoms in total. The summed E-state index contributed by atoms with van der Waals surface area (Å²) in [7, 11) is 1.78. The van der Waals surface area contributed by atoms with Gasteiger partial charge in [0.15, 0.2) is 0 Å². The van der Waals surface area contributed by atoms with Crippen molar-refractivity contribution in [2.45, 2.75) is 0 Å². The van der Waals surface area contributed by atoms with Gasteiger partial charge in [0.2, 0.25) is 0 Å². The maximum atomic E-state index is 12.4. The Hall–Kier alpha value is -1.08. The molecular weight excluding hydrogens is 445 g/mol. The Balaban J connectivity index is 1.92. The monoisotopic (exact) mass is 459 g/mol. The summed E-state index contributed by atoms with van der Waals surface area (Å²) in [5.74, 6) is 0.797. The van der Waals surface area contributed by atoms with Gasteiger partial charge in [-0.15, -0.1) is 0 Å². The fraction of sp³-hybridized carbons (Fsp3) is 0.188. The second-order valence-electron chi connectivity index (χ2n) is 4.51. The molecule has 0 unspecified atom stereocenters. The number of para-hydroxylation sites is 1. The van der Waals surface area contributed by atoms with Gasteiger partial charge in [0.25, 0.3) is 5.91 Å². The fourth-order valence-electron chi connectivity index (χ4n) is 1.79. The Bertz CT molecular complexity index is 619. The van der Waals surface area contributed by atoms with E-state index in [2.05, 4.69) is 38.5 Å². The number of nitrogens with zero attached hydrogens (tertiary/aromatic N) is 1. The first-order chi connectivity index (χ1) is 10.1. The van der Waals surface area contributed by atoms with E-state index >= 15 is 0 Å². The van der Waals surface area contributed by atoms with Crippen LogP contribution in [0.15, 0.2) is 53.0 Å². The highest BCUT2D eigenvalue weighted by Crippen LogP contribution is 2.20. The molecule has 0 radical (unpaired) electrons. The number of ether oxygens (including phenoxy) is 1. The molecule has 0 aliphatic carbocycles. The normalized spacial score (nSPS) is 10.2. The molecule has 0 N–H and O–H groups in total. The summed E-state index contributed by atoms with van der Waals surface area (Å²) in [5, 5.41) is 0. The Labute approximate surface area is 146 Å². The number of carbonyl (C=O) groups is 1. The summed E-state index contributed by atoms with van der Waals surface area (Å²) in [6, 6.07) is 15.3. The van der Waals surface area contributed by atoms with Gasteiger partial charge >= 0.3 is 0 Å². The number of carbonyl (C=O) groups excluding carboxylic acids is 1. The van der Waals surface area contributed by atoms with E-state index in [-0.39, 0.29) is 5.91 Å². The van der Waals surface area contributed by atoms with Crippen LogP contribution in [0.25, 0.3) is 0 Å². The zero-order valence-electron chi connectivity index (χ0n) is 11.6. The molecule has 5 heteroatoms. The molecule has 0 aliphatic heterocycles. The van der Waals surface area contributed by atoms with Crippen LogP contribution in [0.1, 0.15) is 10.4 Å². The van der Waals surface area contributed by atoms with Crippen LogP contribution >= 0.6 is 38.5 Å². The van der Waals surface area contributed by atoms with E-state index in [1.165, 1.54) is 0 Å². The summed E-state index contributed by atoms with van der Waals surface area (Å²) < 4.78 is 7.45. The third-order valence-corrected chi connectivity index (χ3v) is 4.31. The van der Waals surface area contributed by atoms with Gasteiger partial charge in [0, 0.05) is 15.1 Å². The van der Waals surface area contributed by atoms with Gasteiger partial charge in [0.05, 0.1) is 12.1 Å². The molecule has 21 heavy (non-hydrogen) atoms. The van der Waals surface area contributed by atoms with Crippen LogP contribution < -0.4 is 4.74 Å². The third-order valence-electron chi connectivity index (χ3n) is 2.94. The molecule has 0 aromatic heterocycles. The van der Waals surface area contributed by atoms with Crippen LogP contribution in [0.2, 0.25) is 0 Å². The minimum atomic E-state index is -0.0166. The van der Waals surface area contributed by atoms with Crippen LogP contribution in [0.3, 0.4) is 0 Å². The smallest absolute Gasteiger partial charge is 0.254 e. The van der Waals surface area contributed by atoms with Crippen LogP contribution in [0, 0.1) is 3.57 Å². The molecule has 0 aliphatic rings. The largest absolute Gasteiger partial charge is 0.492 e. The number of hydrogen-bond acceptors (Lipinski definition) is 2. The minimum Gasteiger partial charge on any atom is -0.492 e. The lowest BCUT2D eigenvalue weighted by molar-refractivity contribution is 0.0773. The molecular formula is C16H15BrINO2. The molecule has 0 bridgehead atoms. The van der Waals surface area contributed by atoms with Crippen molar-refractivity contribution >= 4 is 44.4 Å². The number of halogens is 2. The first-order valence-electron chi connectivity index (χ1n) is 6.46. The van der Waals surface area contributed by atoms with E-state index < -0.39 is 0 Å². The number of amides is 1. The Kier molecular flexibility index (Phi) is 6.05. The lowest BCUT2D eigenvalue weighted by Gasteiger charge is -2.18. The van der Waals surface area contributed by atoms with Crippen molar-refractivity contribution in [2.24, 2.45) is 0 Å². The number of rotatable bonds is 5. The predicted octanol–water partition coefficient (Wildman–Crippen LogP) is 4.20. The highest BCUT2D eigenvalue weighted by molar-refractivity contribution is 14.1. The summed E-state index contributed by atoms with van der Waals surface area (Å²) in [6.07, 6.45) is 0. The Morgan fingerprint density at radius 1 is 1.24 bits per heavy atom. The standard InChI is InChI=1S/C16H15BrINO2/c1-19(9-10-21-13-5-3-2-4-6-13)16(20)14-11-12(18)7-8-15(14)17/h2-8,11H,9-10H2,1H3. The van der Waals surface area contributed by atoms with Crippen LogP contribution in [0.5, 0.6) is 5.75 Å². The SMILES string of the molecule is CN(CCOc1ccccc1)C(=O)c1cc(I)ccc1Br. The van der Waals surface area contributed by atoms with Crippen molar-refractivity contribution in [3.8, 4) is 5.75 Å². The molecule has 0 atom stereocenters. The van der Waals surface area contributed by atoms with Crippen molar-refractivity contribution < 1.29 is 9.53 Å². The quantitative estimate of drug-likeness (QED) is 0.627. The van der Waals surface area contributed by atoms with Gasteiger partial charge in [0.1, 0.15) is 12.4 Å². The maximum absolute atomic E-state index is 12.4. The minimum absolute atomic E-state index is 0.0166. The number of likely N-dealkylation sites (N-methyl/N-ethyl adjacent to an activating group) is 1. The third kappa shape index (κ3) is 4.71. The van der Waals surface area contributed by atoms with Gasteiger partial charge in [-0.05, 0) is 68.9 Å². The second kappa shape index (κ2) is 7.79. The topological polar surface area (TPSA) is 29.5 Å². The van der Waals surface area contributed by atoms with Crippen LogP contribution in [0.4, 0.5) is 0 Å². The van der Waals surface area contributed by atoms with E-state index in [1.54, 1.807) is 11.9 Å². The summed E-state index contributed by atoms with van der Waals surface area (Å²) in [6.45, 7) is 0.999. The Morgan fingerprint density at radius 3 is 2.67 bits per heavy atom. The van der Waals surface area contributed by atoms with Gasteiger partial charge in [-0.2, -0.15) is 0 Å². The van der Waals surface area contributed by atoms with E-state index in [4.69, 9.17) is 4.74 Å². The maximum Gasteiger partial charge on any atom is 0.254 e. The van der Waals surface area contributed by atoms with Crippen molar-refractivity contribution in [1.29, 1.82) is 0 Å². The van der Waals surface area contributed by atoms with E-state index in [9.17, 15) is 4.79 Å². The van der Waals surface area contributed by atoms with Gasteiger partial charge in [-0.3, -0.25) is 4.79 Å². The average Bonchev–Trinajstić information content (AvgIpc) is 2.50. The molecule has 0 saturated heterocycles. The molecule has 0 fully saturated rings. The zero-order chi connectivity index (χ0) is 15.2. The lowest BCUT2D eigenvalue weighted by atomic mass is 10.2. The van der Waals surface area contributed by atoms with Crippen LogP contribution in [-0.4, -0.2) is 31.0 Å². The second-order valence-corrected chi connectivity index (χ2v) is 6.61. The Morgan fingerprint density at radius 2 is 1.95 bits per heavy atom. The molecule has 1 amide bonds. The average molecular weight is 460 g/mol. The highest BCUT2D eigenvalue weighted by Gasteiger charge is 2.15. The molecule has 2 aromatic carbocycles. The van der Waals surface area contributed by atoms with Gasteiger partial charge < -0.3 is 9.64 Å². The number of hydrogen-bond donors (Lipinski definition) is 0. The summed E-state index contributed by atoms with van der Waals surface area (Å²) in [5.41, 5.74) is 0.670. The zero-order valence-corrected chi connectivity index (χ0v) is 15.3. The van der Waals surface area contributed by atoms with E-state index in [0.717, 1.165) is 13.8 Å². The first-order valence-corrected chi connectivity index (χ1v) is 8.33. The van der Waals surface area contributed by atoms with Crippen molar-refractivity contribution in [2.75, 3.05) is 20.2 Å². The van der Waals surface area contributed by atoms with E-state index in [1.807, 2.05) is 48.5 Å². The number of benzene rings is 2. The highest BCUT2D eigenvalue weighted by atomic mass is 127. The molecule has 0 saturated carbocycles. The lowest BCUT2D eigenvalue weighted by Crippen LogP contribution is -2.31. The van der Waals surface area contributed by atoms with E-state index in [0.29, 0.717) is 18.7 Å². The van der Waals surface area contributed by atoms with Crippen molar-refractivity contribution in [1.82, 2.24) is 4.90 Å². The first kappa shape index (κ1) is 16.3. The molecule has 0 spiro atoms. The fourth-order valence-corrected chi connectivity index (χ4v) is 2.69. The molecule has 0 heterocycles.